The Bertz CT molecular complexity index is 2840. The normalized spacial score (nSPS) is 12.0. The van der Waals surface area contributed by atoms with Crippen LogP contribution in [0, 0.1) is 30.6 Å². The topological polar surface area (TPSA) is 407 Å². The molecule has 2 amide bonds. The number of carboxylic acids is 3. The number of piperazine rings is 1. The van der Waals surface area contributed by atoms with Crippen molar-refractivity contribution >= 4 is 87.7 Å². The van der Waals surface area contributed by atoms with Gasteiger partial charge in [0.05, 0.1) is 36.4 Å². The molecule has 554 valence electrons. The first kappa shape index (κ1) is 103. The Balaban J connectivity index is -0.000000187. The van der Waals surface area contributed by atoms with Crippen molar-refractivity contribution in [2.45, 2.75) is 170 Å². The molecule has 6 rings (SSSR count). The number of hydrogen-bond acceptors (Lipinski definition) is 22. The highest BCUT2D eigenvalue weighted by Gasteiger charge is 2.28. The third kappa shape index (κ3) is 68.7. The number of nitrogens with zero attached hydrogens (tertiary/aromatic N) is 4. The third-order valence-corrected chi connectivity index (χ3v) is 13.0. The molecule has 1 unspecified atom stereocenters. The monoisotopic (exact) mass is 1400 g/mol. The molecule has 4 aromatic rings. The second kappa shape index (κ2) is 61.9. The van der Waals surface area contributed by atoms with Crippen molar-refractivity contribution in [2.75, 3.05) is 66.6 Å². The van der Waals surface area contributed by atoms with E-state index in [9.17, 15) is 62.3 Å². The predicted molar refractivity (Wildman–Crippen MR) is 381 cm³/mol. The van der Waals surface area contributed by atoms with Gasteiger partial charge in [0.1, 0.15) is 53.6 Å². The molecule has 4 heterocycles. The van der Waals surface area contributed by atoms with E-state index >= 15 is 0 Å². The molecule has 2 saturated heterocycles. The summed E-state index contributed by atoms with van der Waals surface area (Å²) in [6, 6.07) is 23.1. The van der Waals surface area contributed by atoms with E-state index in [1.54, 1.807) is 39.3 Å². The number of ketones is 7. The minimum absolute atomic E-state index is 0. The number of likely N-dealkylation sites (N-methyl/N-ethyl adjacent to an activating group) is 1. The summed E-state index contributed by atoms with van der Waals surface area (Å²) >= 11 is 1.50. The number of nitrogens with one attached hydrogen (secondary N) is 1. The number of pyridine rings is 1. The van der Waals surface area contributed by atoms with Crippen molar-refractivity contribution < 1.29 is 91.9 Å². The number of rotatable bonds is 18. The molecule has 0 saturated carbocycles. The molecular weight excluding hydrogens is 1290 g/mol. The molecule has 2 aliphatic heterocycles. The number of ether oxygens (including phenoxy) is 3. The SMILES string of the molecule is C.C.CC(=O)C(C)(C)CC(=O)O.CC(=O)C1CCOC1.CC(=O)CC(C)(C)C(=O)O.CC(=O)CCC(=O)O.CC(=O)CCN.CC(=O)CN.CC(=O)N1CCN(C)CC1.CC(=O)OCc1ccccc1.CC(=O)c1csc(C)n1.CNC(=O)OCc1ccccc1.Cc1cccnc1. The zero-order valence-corrected chi connectivity index (χ0v) is 60.1. The number of aryl methyl sites for hydroxylation is 2. The standard InChI is InChI=1S/C9H11NO2.C9H10O2.C7H14N2O.2C7H12O3.C6H7NOS.C6H7N.C6H10O2.C5H8O3.C4H9NO.C3H7NO.2CH4/c1-10-9(11)12-7-8-5-3-2-4-6-8;1-8(10)11-7-9-5-3-2-4-6-9;1-7(10)9-5-3-8(2)4-6-9;1-5(8)7(2,3)4-6(9)10;1-5(8)4-7(2,3)6(9)10;1-4(8)6-3-9-5(2)7-6;1-6-3-2-4-7-5-6;1-5(7)6-2-3-8-4-6;1-4(6)2-3-5(7)8;1-4(6)2-3-5;1-3(5)2-4;;/h2-6H,7H2,1H3,(H,10,11);2-6H,7H2,1H3;3-6H2,1-2H3;2*4H2,1-3H3,(H,9,10);3H,1-2H3;2-5H,1H3;6H,2-4H2,1H3;2-3H2,1H3,(H,7,8);2-3,5H2,1H3;2,4H2,1H3;2*1H4. The van der Waals surface area contributed by atoms with Crippen LogP contribution in [0.4, 0.5) is 4.79 Å². The molecule has 26 nitrogen and oxygen atoms in total. The van der Waals surface area contributed by atoms with E-state index in [4.69, 9.17) is 41.0 Å². The maximum Gasteiger partial charge on any atom is 0.407 e. The predicted octanol–water partition coefficient (Wildman–Crippen LogP) is 10.1. The molecule has 2 aromatic heterocycles. The van der Waals surface area contributed by atoms with Crippen LogP contribution in [0.1, 0.15) is 176 Å². The van der Waals surface area contributed by atoms with Gasteiger partial charge in [-0.1, -0.05) is 95.4 Å². The summed E-state index contributed by atoms with van der Waals surface area (Å²) in [5.41, 5.74) is 12.0. The number of carboxylic acid groups (broad SMARTS) is 3. The van der Waals surface area contributed by atoms with Gasteiger partial charge in [0, 0.05) is 109 Å². The Kier molecular flexibility index (Phi) is 65.0. The Labute approximate surface area is 585 Å². The van der Waals surface area contributed by atoms with Crippen LogP contribution in [0.5, 0.6) is 0 Å². The lowest BCUT2D eigenvalue weighted by Crippen LogP contribution is -2.46. The minimum atomic E-state index is -0.930. The van der Waals surface area contributed by atoms with Crippen molar-refractivity contribution in [3.8, 4) is 0 Å². The van der Waals surface area contributed by atoms with E-state index in [1.165, 1.54) is 86.3 Å². The van der Waals surface area contributed by atoms with Crippen LogP contribution in [-0.2, 0) is 80.2 Å². The van der Waals surface area contributed by atoms with Crippen LogP contribution in [0.2, 0.25) is 0 Å². The lowest BCUT2D eigenvalue weighted by molar-refractivity contribution is -0.149. The average Bonchev–Trinajstić information content (AvgIpc) is 2.13. The van der Waals surface area contributed by atoms with Gasteiger partial charge in [-0.3, -0.25) is 57.7 Å². The van der Waals surface area contributed by atoms with E-state index in [0.29, 0.717) is 38.5 Å². The number of carbonyl (C=O) groups is 13. The average molecular weight is 1400 g/mol. The summed E-state index contributed by atoms with van der Waals surface area (Å²) in [4.78, 5) is 146. The van der Waals surface area contributed by atoms with Gasteiger partial charge in [0.2, 0.25) is 5.91 Å². The number of alkyl carbamates (subject to hydrolysis) is 1. The maximum atomic E-state index is 10.8. The zero-order valence-electron chi connectivity index (χ0n) is 59.3. The fourth-order valence-corrected chi connectivity index (χ4v) is 6.84. The molecule has 2 fully saturated rings. The van der Waals surface area contributed by atoms with Gasteiger partial charge < -0.3 is 60.9 Å². The molecule has 8 N–H and O–H groups in total. The molecule has 0 spiro atoms. The molecule has 2 aromatic carbocycles. The fourth-order valence-electron chi connectivity index (χ4n) is 6.19. The van der Waals surface area contributed by atoms with Crippen molar-refractivity contribution in [3.05, 3.63) is 118 Å². The highest BCUT2D eigenvalue weighted by molar-refractivity contribution is 7.09. The van der Waals surface area contributed by atoms with Crippen LogP contribution >= 0.6 is 11.3 Å². The summed E-state index contributed by atoms with van der Waals surface area (Å²) < 4.78 is 14.6. The van der Waals surface area contributed by atoms with E-state index in [0.717, 1.165) is 55.3 Å². The summed E-state index contributed by atoms with van der Waals surface area (Å²) in [5.74, 6) is -2.36. The summed E-state index contributed by atoms with van der Waals surface area (Å²) in [5, 5.41) is 30.0. The quantitative estimate of drug-likeness (QED) is 0.0398. The number of thiazole rings is 1. The number of carbonyl (C=O) groups excluding carboxylic acids is 10. The van der Waals surface area contributed by atoms with E-state index < -0.39 is 34.8 Å². The first-order valence-corrected chi connectivity index (χ1v) is 31.4. The van der Waals surface area contributed by atoms with Gasteiger partial charge in [-0.25, -0.2) is 9.78 Å². The molecule has 0 radical (unpaired) electrons. The number of esters is 1. The van der Waals surface area contributed by atoms with Gasteiger partial charge in [0.15, 0.2) is 5.78 Å². The summed E-state index contributed by atoms with van der Waals surface area (Å²) in [6.07, 6.45) is 4.75. The molecule has 98 heavy (non-hydrogen) atoms. The largest absolute Gasteiger partial charge is 0.481 e. The first-order valence-electron chi connectivity index (χ1n) is 30.5. The summed E-state index contributed by atoms with van der Waals surface area (Å²) in [7, 11) is 3.62. The van der Waals surface area contributed by atoms with Crippen LogP contribution in [-0.4, -0.2) is 178 Å². The Morgan fingerprint density at radius 3 is 1.36 bits per heavy atom. The smallest absolute Gasteiger partial charge is 0.407 e. The Morgan fingerprint density at radius 1 is 0.643 bits per heavy atom. The van der Waals surface area contributed by atoms with Crippen molar-refractivity contribution in [1.82, 2.24) is 25.1 Å². The van der Waals surface area contributed by atoms with Crippen molar-refractivity contribution in [3.63, 3.8) is 0 Å². The van der Waals surface area contributed by atoms with Crippen LogP contribution in [0.3, 0.4) is 0 Å². The number of nitrogens with two attached hydrogens (primary N) is 2. The minimum Gasteiger partial charge on any atom is -0.481 e. The molecule has 1 atom stereocenters. The second-order valence-corrected chi connectivity index (χ2v) is 23.8. The van der Waals surface area contributed by atoms with E-state index in [2.05, 4.69) is 27.2 Å². The number of aliphatic carboxylic acids is 3. The van der Waals surface area contributed by atoms with Gasteiger partial charge in [-0.2, -0.15) is 0 Å². The lowest BCUT2D eigenvalue weighted by atomic mass is 9.85. The van der Waals surface area contributed by atoms with Crippen molar-refractivity contribution in [2.24, 2.45) is 28.2 Å². The maximum absolute atomic E-state index is 10.8. The van der Waals surface area contributed by atoms with E-state index in [-0.39, 0.29) is 105 Å². The molecule has 0 aliphatic carbocycles. The van der Waals surface area contributed by atoms with Gasteiger partial charge in [-0.15, -0.1) is 11.3 Å². The highest BCUT2D eigenvalue weighted by atomic mass is 32.1. The van der Waals surface area contributed by atoms with Crippen molar-refractivity contribution in [1.29, 1.82) is 0 Å². The molecule has 2 aliphatic rings. The second-order valence-electron chi connectivity index (χ2n) is 22.7. The fraction of sp³-hybridized carbons (Fsp3) is 0.535. The van der Waals surface area contributed by atoms with Crippen LogP contribution < -0.4 is 16.8 Å². The highest BCUT2D eigenvalue weighted by Crippen LogP contribution is 2.21. The van der Waals surface area contributed by atoms with Crippen LogP contribution in [0.15, 0.2) is 90.6 Å². The molecule has 0 bridgehead atoms. The number of hydrogen-bond donors (Lipinski definition) is 6. The molecule has 27 heteroatoms. The number of benzene rings is 2. The Hall–Kier alpha value is -8.63. The van der Waals surface area contributed by atoms with Gasteiger partial charge in [0.25, 0.3) is 0 Å². The zero-order chi connectivity index (χ0) is 75.0. The Morgan fingerprint density at radius 2 is 1.13 bits per heavy atom. The van der Waals surface area contributed by atoms with Crippen LogP contribution in [0.25, 0.3) is 0 Å². The molecular formula is C71H115N7O19S. The summed E-state index contributed by atoms with van der Waals surface area (Å²) in [6.45, 7) is 30.2. The lowest BCUT2D eigenvalue weighted by Gasteiger charge is -2.31. The number of Topliss-reactive ketones (excluding diaryl/α,β-unsaturated/α-hetero) is 7. The number of aromatic nitrogens is 2. The van der Waals surface area contributed by atoms with Gasteiger partial charge in [-0.05, 0) is 112 Å². The number of amides is 2. The van der Waals surface area contributed by atoms with Gasteiger partial charge >= 0.3 is 30.0 Å². The first-order chi connectivity index (χ1) is 44.6. The third-order valence-electron chi connectivity index (χ3n) is 12.2. The van der Waals surface area contributed by atoms with E-state index in [1.807, 2.05) is 97.7 Å².